The van der Waals surface area contributed by atoms with Gasteiger partial charge in [-0.05, 0) is 24.6 Å². The molecular weight excluding hydrogens is 433 g/mol. The molecule has 4 N–H and O–H groups in total. The molecule has 0 aromatic heterocycles. The van der Waals surface area contributed by atoms with Gasteiger partial charge in [0.15, 0.2) is 5.96 Å². The maximum Gasteiger partial charge on any atom is 0.248 e. The molecule has 1 aromatic carbocycles. The molecule has 1 heterocycles. The molecule has 0 aliphatic carbocycles. The van der Waals surface area contributed by atoms with Gasteiger partial charge in [-0.25, -0.2) is 4.99 Å². The molecule has 1 aliphatic heterocycles. The summed E-state index contributed by atoms with van der Waals surface area (Å²) < 4.78 is 5.35. The van der Waals surface area contributed by atoms with E-state index in [9.17, 15) is 4.79 Å². The molecule has 1 fully saturated rings. The molecule has 0 unspecified atom stereocenters. The van der Waals surface area contributed by atoms with E-state index >= 15 is 0 Å². The first-order valence-corrected chi connectivity index (χ1v) is 8.40. The van der Waals surface area contributed by atoms with Gasteiger partial charge in [0.2, 0.25) is 5.91 Å². The van der Waals surface area contributed by atoms with Crippen molar-refractivity contribution < 1.29 is 9.53 Å². The second kappa shape index (κ2) is 12.0. The monoisotopic (exact) mass is 461 g/mol. The van der Waals surface area contributed by atoms with Gasteiger partial charge in [-0.1, -0.05) is 12.1 Å². The standard InChI is InChI=1S/C17H27N5O2.HI/c1-2-19-17(20-7-8-22-9-11-24-12-10-22)21-13-14-3-5-15(6-4-14)16(18)23;/h3-6H,2,7-13H2,1H3,(H2,18,23)(H2,19,20,21);1H. The van der Waals surface area contributed by atoms with E-state index in [2.05, 4.69) is 20.5 Å². The Hall–Kier alpha value is -1.39. The van der Waals surface area contributed by atoms with Gasteiger partial charge in [0.05, 0.1) is 19.8 Å². The molecular formula is C17H28IN5O2. The molecule has 0 saturated carbocycles. The van der Waals surface area contributed by atoms with E-state index in [0.29, 0.717) is 12.1 Å². The zero-order chi connectivity index (χ0) is 17.2. The van der Waals surface area contributed by atoms with Gasteiger partial charge in [0.1, 0.15) is 0 Å². The number of rotatable bonds is 7. The van der Waals surface area contributed by atoms with Crippen molar-refractivity contribution in [1.29, 1.82) is 0 Å². The number of halogens is 1. The van der Waals surface area contributed by atoms with Crippen molar-refractivity contribution in [2.45, 2.75) is 13.5 Å². The number of amides is 1. The first-order valence-electron chi connectivity index (χ1n) is 8.40. The van der Waals surface area contributed by atoms with Gasteiger partial charge < -0.3 is 21.1 Å². The van der Waals surface area contributed by atoms with Crippen LogP contribution in [0.2, 0.25) is 0 Å². The third-order valence-electron chi connectivity index (χ3n) is 3.83. The van der Waals surface area contributed by atoms with E-state index in [1.165, 1.54) is 0 Å². The Balaban J connectivity index is 0.00000312. The highest BCUT2D eigenvalue weighted by molar-refractivity contribution is 14.0. The van der Waals surface area contributed by atoms with Crippen LogP contribution in [0.1, 0.15) is 22.8 Å². The third-order valence-corrected chi connectivity index (χ3v) is 3.83. The highest BCUT2D eigenvalue weighted by Gasteiger charge is 2.09. The van der Waals surface area contributed by atoms with E-state index in [1.807, 2.05) is 19.1 Å². The molecule has 0 atom stereocenters. The summed E-state index contributed by atoms with van der Waals surface area (Å²) in [7, 11) is 0. The topological polar surface area (TPSA) is 92.0 Å². The van der Waals surface area contributed by atoms with Crippen LogP contribution in [0.15, 0.2) is 29.3 Å². The van der Waals surface area contributed by atoms with Crippen LogP contribution in [0, 0.1) is 0 Å². The van der Waals surface area contributed by atoms with E-state index in [4.69, 9.17) is 10.5 Å². The van der Waals surface area contributed by atoms with E-state index in [0.717, 1.165) is 57.5 Å². The van der Waals surface area contributed by atoms with Crippen molar-refractivity contribution in [2.75, 3.05) is 45.9 Å². The number of nitrogens with one attached hydrogen (secondary N) is 2. The first kappa shape index (κ1) is 21.7. The smallest absolute Gasteiger partial charge is 0.248 e. The van der Waals surface area contributed by atoms with Gasteiger partial charge in [-0.3, -0.25) is 9.69 Å². The average Bonchev–Trinajstić information content (AvgIpc) is 2.61. The number of nitrogens with zero attached hydrogens (tertiary/aromatic N) is 2. The maximum absolute atomic E-state index is 11.1. The average molecular weight is 461 g/mol. The van der Waals surface area contributed by atoms with Crippen LogP contribution in [-0.2, 0) is 11.3 Å². The quantitative estimate of drug-likeness (QED) is 0.317. The molecule has 1 saturated heterocycles. The number of hydrogen-bond acceptors (Lipinski definition) is 4. The van der Waals surface area contributed by atoms with E-state index < -0.39 is 5.91 Å². The van der Waals surface area contributed by atoms with E-state index in [-0.39, 0.29) is 24.0 Å². The molecule has 0 radical (unpaired) electrons. The minimum atomic E-state index is -0.414. The summed E-state index contributed by atoms with van der Waals surface area (Å²) in [6.07, 6.45) is 0. The SMILES string of the molecule is CCNC(=NCc1ccc(C(N)=O)cc1)NCCN1CCOCC1.I. The number of ether oxygens (including phenoxy) is 1. The van der Waals surface area contributed by atoms with Crippen molar-refractivity contribution in [1.82, 2.24) is 15.5 Å². The van der Waals surface area contributed by atoms with Crippen LogP contribution in [0.3, 0.4) is 0 Å². The fourth-order valence-corrected chi connectivity index (χ4v) is 2.44. The summed E-state index contributed by atoms with van der Waals surface area (Å²) in [5.74, 6) is 0.382. The Morgan fingerprint density at radius 2 is 1.92 bits per heavy atom. The molecule has 25 heavy (non-hydrogen) atoms. The third kappa shape index (κ3) is 8.02. The van der Waals surface area contributed by atoms with Crippen LogP contribution in [0.4, 0.5) is 0 Å². The lowest BCUT2D eigenvalue weighted by atomic mass is 10.1. The highest BCUT2D eigenvalue weighted by atomic mass is 127. The fourth-order valence-electron chi connectivity index (χ4n) is 2.44. The second-order valence-corrected chi connectivity index (χ2v) is 5.64. The number of nitrogens with two attached hydrogens (primary N) is 1. The predicted octanol–water partition coefficient (Wildman–Crippen LogP) is 0.791. The Morgan fingerprint density at radius 3 is 2.52 bits per heavy atom. The van der Waals surface area contributed by atoms with Crippen LogP contribution >= 0.6 is 24.0 Å². The van der Waals surface area contributed by atoms with Crippen molar-refractivity contribution >= 4 is 35.8 Å². The lowest BCUT2D eigenvalue weighted by Gasteiger charge is -2.26. The number of primary amides is 1. The Kier molecular flexibility index (Phi) is 10.4. The number of carbonyl (C=O) groups is 1. The molecule has 140 valence electrons. The molecule has 7 nitrogen and oxygen atoms in total. The van der Waals surface area contributed by atoms with Crippen LogP contribution in [0.5, 0.6) is 0 Å². The minimum Gasteiger partial charge on any atom is -0.379 e. The number of guanidine groups is 1. The largest absolute Gasteiger partial charge is 0.379 e. The lowest BCUT2D eigenvalue weighted by Crippen LogP contribution is -2.44. The summed E-state index contributed by atoms with van der Waals surface area (Å²) in [4.78, 5) is 18.0. The number of carbonyl (C=O) groups excluding carboxylic acids is 1. The van der Waals surface area contributed by atoms with Crippen molar-refractivity contribution in [3.05, 3.63) is 35.4 Å². The summed E-state index contributed by atoms with van der Waals surface area (Å²) >= 11 is 0. The van der Waals surface area contributed by atoms with Gasteiger partial charge in [0, 0.05) is 38.3 Å². The normalized spacial score (nSPS) is 15.3. The van der Waals surface area contributed by atoms with Crippen molar-refractivity contribution in [2.24, 2.45) is 10.7 Å². The van der Waals surface area contributed by atoms with Gasteiger partial charge >= 0.3 is 0 Å². The van der Waals surface area contributed by atoms with Crippen molar-refractivity contribution in [3.8, 4) is 0 Å². The second-order valence-electron chi connectivity index (χ2n) is 5.64. The zero-order valence-electron chi connectivity index (χ0n) is 14.7. The van der Waals surface area contributed by atoms with Gasteiger partial charge in [0.25, 0.3) is 0 Å². The molecule has 1 aliphatic rings. The van der Waals surface area contributed by atoms with Crippen LogP contribution < -0.4 is 16.4 Å². The van der Waals surface area contributed by atoms with Crippen LogP contribution in [-0.4, -0.2) is 62.7 Å². The van der Waals surface area contributed by atoms with Crippen LogP contribution in [0.25, 0.3) is 0 Å². The first-order chi connectivity index (χ1) is 11.7. The Labute approximate surface area is 166 Å². The van der Waals surface area contributed by atoms with Gasteiger partial charge in [-0.2, -0.15) is 0 Å². The Bertz CT molecular complexity index is 544. The summed E-state index contributed by atoms with van der Waals surface area (Å²) in [5, 5.41) is 6.59. The number of benzene rings is 1. The zero-order valence-corrected chi connectivity index (χ0v) is 17.0. The summed E-state index contributed by atoms with van der Waals surface area (Å²) in [6, 6.07) is 7.21. The highest BCUT2D eigenvalue weighted by Crippen LogP contribution is 2.05. The summed E-state index contributed by atoms with van der Waals surface area (Å²) in [5.41, 5.74) is 6.79. The molecule has 0 bridgehead atoms. The molecule has 1 aromatic rings. The lowest BCUT2D eigenvalue weighted by molar-refractivity contribution is 0.0389. The molecule has 2 rings (SSSR count). The number of hydrogen-bond donors (Lipinski definition) is 3. The van der Waals surface area contributed by atoms with E-state index in [1.54, 1.807) is 12.1 Å². The van der Waals surface area contributed by atoms with Crippen molar-refractivity contribution in [3.63, 3.8) is 0 Å². The number of aliphatic imine (C=N–C) groups is 1. The summed E-state index contributed by atoms with van der Waals surface area (Å²) in [6.45, 7) is 8.82. The predicted molar refractivity (Wildman–Crippen MR) is 110 cm³/mol. The Morgan fingerprint density at radius 1 is 1.24 bits per heavy atom. The number of morpholine rings is 1. The van der Waals surface area contributed by atoms with Gasteiger partial charge in [-0.15, -0.1) is 24.0 Å². The molecule has 0 spiro atoms. The molecule has 8 heteroatoms. The fraction of sp³-hybridized carbons (Fsp3) is 0.529. The molecule has 1 amide bonds. The maximum atomic E-state index is 11.1. The minimum absolute atomic E-state index is 0.